The highest BCUT2D eigenvalue weighted by Gasteiger charge is 2.27. The van der Waals surface area contributed by atoms with E-state index in [0.717, 1.165) is 37.0 Å². The topological polar surface area (TPSA) is 97.0 Å². The van der Waals surface area contributed by atoms with Gasteiger partial charge in [0.15, 0.2) is 0 Å². The number of likely N-dealkylation sites (N-methyl/N-ethyl adjacent to an activating group) is 1. The first-order valence-electron chi connectivity index (χ1n) is 11.0. The van der Waals surface area contributed by atoms with Gasteiger partial charge in [-0.15, -0.1) is 0 Å². The monoisotopic (exact) mass is 475 g/mol. The van der Waals surface area contributed by atoms with Gasteiger partial charge in [-0.1, -0.05) is 25.0 Å². The van der Waals surface area contributed by atoms with Crippen LogP contribution in [-0.2, 0) is 10.0 Å². The molecular weight excluding hydrogens is 442 g/mol. The van der Waals surface area contributed by atoms with Crippen LogP contribution >= 0.6 is 0 Å². The van der Waals surface area contributed by atoms with Gasteiger partial charge in [-0.3, -0.25) is 4.79 Å². The Bertz CT molecular complexity index is 1050. The molecule has 180 valence electrons. The minimum absolute atomic E-state index is 0.0242. The van der Waals surface area contributed by atoms with Crippen molar-refractivity contribution >= 4 is 15.9 Å². The first kappa shape index (κ1) is 25.0. The summed E-state index contributed by atoms with van der Waals surface area (Å²) in [6.07, 6.45) is 3.65. The highest BCUT2D eigenvalue weighted by atomic mass is 32.2. The number of carbonyl (C=O) groups excluding carboxylic acids is 1. The molecule has 0 aliphatic heterocycles. The summed E-state index contributed by atoms with van der Waals surface area (Å²) < 4.78 is 39.2. The molecule has 9 heteroatoms. The molecule has 8 nitrogen and oxygen atoms in total. The second-order valence-electron chi connectivity index (χ2n) is 8.43. The number of methoxy groups -OCH3 is 2. The standard InChI is InChI=1S/C24H33N3O5S/c1-27(2)21(17-9-12-20(31-3)13-10-17)16-25-24(28)18-11-14-22(32-4)23(15-18)33(29,30)26-19-7-5-6-8-19/h9-15,19,21,26H,5-8,16H2,1-4H3,(H,25,28). The van der Waals surface area contributed by atoms with E-state index in [2.05, 4.69) is 10.0 Å². The van der Waals surface area contributed by atoms with Gasteiger partial charge >= 0.3 is 0 Å². The third-order valence-electron chi connectivity index (χ3n) is 5.97. The van der Waals surface area contributed by atoms with Crippen LogP contribution in [0.4, 0.5) is 0 Å². The SMILES string of the molecule is COc1ccc(C(CNC(=O)c2ccc(OC)c(S(=O)(=O)NC3CCCC3)c2)N(C)C)cc1. The first-order chi connectivity index (χ1) is 15.7. The molecule has 1 aliphatic carbocycles. The van der Waals surface area contributed by atoms with Crippen LogP contribution < -0.4 is 19.5 Å². The van der Waals surface area contributed by atoms with Crippen molar-refractivity contribution in [3.05, 3.63) is 53.6 Å². The predicted octanol–water partition coefficient (Wildman–Crippen LogP) is 2.96. The Kier molecular flexibility index (Phi) is 8.34. The molecule has 3 rings (SSSR count). The summed E-state index contributed by atoms with van der Waals surface area (Å²) in [5.41, 5.74) is 1.29. The summed E-state index contributed by atoms with van der Waals surface area (Å²) in [7, 11) is 3.10. The van der Waals surface area contributed by atoms with Crippen molar-refractivity contribution in [1.29, 1.82) is 0 Å². The van der Waals surface area contributed by atoms with Gasteiger partial charge in [-0.25, -0.2) is 13.1 Å². The summed E-state index contributed by atoms with van der Waals surface area (Å²) in [5.74, 6) is 0.621. The Balaban J connectivity index is 1.76. The Morgan fingerprint density at radius 1 is 1.06 bits per heavy atom. The first-order valence-corrected chi connectivity index (χ1v) is 12.5. The zero-order valence-corrected chi connectivity index (χ0v) is 20.4. The van der Waals surface area contributed by atoms with E-state index in [-0.39, 0.29) is 34.2 Å². The number of carbonyl (C=O) groups is 1. The van der Waals surface area contributed by atoms with Crippen LogP contribution in [-0.4, -0.2) is 60.1 Å². The molecule has 1 atom stereocenters. The van der Waals surface area contributed by atoms with Gasteiger partial charge in [-0.2, -0.15) is 0 Å². The lowest BCUT2D eigenvalue weighted by molar-refractivity contribution is 0.0941. The summed E-state index contributed by atoms with van der Waals surface area (Å²) in [6.45, 7) is 0.354. The van der Waals surface area contributed by atoms with Crippen molar-refractivity contribution in [1.82, 2.24) is 14.9 Å². The van der Waals surface area contributed by atoms with Crippen molar-refractivity contribution in [2.75, 3.05) is 34.9 Å². The minimum atomic E-state index is -3.81. The smallest absolute Gasteiger partial charge is 0.251 e. The van der Waals surface area contributed by atoms with Crippen LogP contribution in [0, 0.1) is 0 Å². The van der Waals surface area contributed by atoms with Crippen LogP contribution in [0.25, 0.3) is 0 Å². The fraction of sp³-hybridized carbons (Fsp3) is 0.458. The van der Waals surface area contributed by atoms with E-state index in [0.29, 0.717) is 6.54 Å². The maximum Gasteiger partial charge on any atom is 0.251 e. The second-order valence-corrected chi connectivity index (χ2v) is 10.1. The van der Waals surface area contributed by atoms with E-state index in [1.807, 2.05) is 43.3 Å². The molecule has 0 spiro atoms. The van der Waals surface area contributed by atoms with E-state index in [4.69, 9.17) is 9.47 Å². The molecule has 1 saturated carbocycles. The molecule has 0 bridgehead atoms. The molecule has 0 radical (unpaired) electrons. The van der Waals surface area contributed by atoms with Gasteiger partial charge in [0.1, 0.15) is 16.4 Å². The molecule has 0 heterocycles. The number of sulfonamides is 1. The maximum absolute atomic E-state index is 13.0. The molecule has 0 saturated heterocycles. The lowest BCUT2D eigenvalue weighted by Crippen LogP contribution is -2.35. The molecule has 1 unspecified atom stereocenters. The molecule has 33 heavy (non-hydrogen) atoms. The number of amides is 1. The Morgan fingerprint density at radius 3 is 2.30 bits per heavy atom. The fourth-order valence-electron chi connectivity index (χ4n) is 4.07. The van der Waals surface area contributed by atoms with Crippen LogP contribution in [0.5, 0.6) is 11.5 Å². The molecule has 1 fully saturated rings. The van der Waals surface area contributed by atoms with Gasteiger partial charge in [-0.05, 0) is 62.8 Å². The number of nitrogens with zero attached hydrogens (tertiary/aromatic N) is 1. The van der Waals surface area contributed by atoms with Crippen molar-refractivity contribution in [3.8, 4) is 11.5 Å². The van der Waals surface area contributed by atoms with E-state index in [9.17, 15) is 13.2 Å². The molecular formula is C24H33N3O5S. The van der Waals surface area contributed by atoms with Gasteiger partial charge < -0.3 is 19.7 Å². The van der Waals surface area contributed by atoms with E-state index >= 15 is 0 Å². The summed E-state index contributed by atoms with van der Waals surface area (Å²) >= 11 is 0. The summed E-state index contributed by atoms with van der Waals surface area (Å²) in [5, 5.41) is 2.93. The average molecular weight is 476 g/mol. The zero-order chi connectivity index (χ0) is 24.0. The van der Waals surface area contributed by atoms with Crippen LogP contribution in [0.1, 0.15) is 47.6 Å². The van der Waals surface area contributed by atoms with Gasteiger partial charge in [0.05, 0.1) is 20.3 Å². The highest BCUT2D eigenvalue weighted by Crippen LogP contribution is 2.27. The second kappa shape index (κ2) is 11.0. The Labute approximate surface area is 196 Å². The van der Waals surface area contributed by atoms with E-state index in [1.165, 1.54) is 19.2 Å². The summed E-state index contributed by atoms with van der Waals surface area (Å²) in [6, 6.07) is 12.0. The lowest BCUT2D eigenvalue weighted by atomic mass is 10.1. The fourth-order valence-corrected chi connectivity index (χ4v) is 5.57. The third-order valence-corrected chi connectivity index (χ3v) is 7.51. The zero-order valence-electron chi connectivity index (χ0n) is 19.6. The van der Waals surface area contributed by atoms with E-state index in [1.54, 1.807) is 13.2 Å². The van der Waals surface area contributed by atoms with Crippen molar-refractivity contribution in [3.63, 3.8) is 0 Å². The van der Waals surface area contributed by atoms with Crippen LogP contribution in [0.2, 0.25) is 0 Å². The van der Waals surface area contributed by atoms with Crippen molar-refractivity contribution < 1.29 is 22.7 Å². The average Bonchev–Trinajstić information content (AvgIpc) is 3.31. The maximum atomic E-state index is 13.0. The third kappa shape index (κ3) is 6.25. The number of rotatable bonds is 10. The van der Waals surface area contributed by atoms with Crippen molar-refractivity contribution in [2.24, 2.45) is 0 Å². The number of nitrogens with one attached hydrogen (secondary N) is 2. The number of hydrogen-bond acceptors (Lipinski definition) is 6. The normalized spacial score (nSPS) is 15.4. The molecule has 1 aliphatic rings. The predicted molar refractivity (Wildman–Crippen MR) is 127 cm³/mol. The largest absolute Gasteiger partial charge is 0.497 e. The van der Waals surface area contributed by atoms with Gasteiger partial charge in [0.25, 0.3) is 5.91 Å². The molecule has 2 aromatic carbocycles. The molecule has 1 amide bonds. The number of benzene rings is 2. The van der Waals surface area contributed by atoms with E-state index < -0.39 is 10.0 Å². The van der Waals surface area contributed by atoms with Crippen molar-refractivity contribution in [2.45, 2.75) is 42.7 Å². The number of hydrogen-bond donors (Lipinski definition) is 2. The van der Waals surface area contributed by atoms with Crippen LogP contribution in [0.3, 0.4) is 0 Å². The van der Waals surface area contributed by atoms with Crippen LogP contribution in [0.15, 0.2) is 47.4 Å². The van der Waals surface area contributed by atoms with Gasteiger partial charge in [0, 0.05) is 18.2 Å². The van der Waals surface area contributed by atoms with Gasteiger partial charge in [0.2, 0.25) is 10.0 Å². The molecule has 0 aromatic heterocycles. The lowest BCUT2D eigenvalue weighted by Gasteiger charge is -2.25. The molecule has 2 N–H and O–H groups in total. The Morgan fingerprint density at radius 2 is 1.73 bits per heavy atom. The minimum Gasteiger partial charge on any atom is -0.497 e. The molecule has 2 aromatic rings. The quantitative estimate of drug-likeness (QED) is 0.548. The Hall–Kier alpha value is -2.62. The number of ether oxygens (including phenoxy) is 2. The highest BCUT2D eigenvalue weighted by molar-refractivity contribution is 7.89. The summed E-state index contributed by atoms with van der Waals surface area (Å²) in [4.78, 5) is 14.9.